The van der Waals surface area contributed by atoms with E-state index in [2.05, 4.69) is 15.5 Å². The minimum Gasteiger partial charge on any atom is -0.358 e. The highest BCUT2D eigenvalue weighted by atomic mass is 35.5. The Labute approximate surface area is 178 Å². The van der Waals surface area contributed by atoms with E-state index < -0.39 is 10.8 Å². The first kappa shape index (κ1) is 21.5. The summed E-state index contributed by atoms with van der Waals surface area (Å²) in [5.74, 6) is -0.891. The van der Waals surface area contributed by atoms with E-state index in [0.717, 1.165) is 11.3 Å². The molecule has 158 valence electrons. The Kier molecular flexibility index (Phi) is 6.21. The van der Waals surface area contributed by atoms with Gasteiger partial charge in [-0.15, -0.1) is 0 Å². The number of halogens is 1. The molecule has 1 N–H and O–H groups in total. The molecule has 0 aliphatic heterocycles. The number of aryl methyl sites for hydroxylation is 2. The molecule has 2 aromatic heterocycles. The number of nitrogens with one attached hydrogen (secondary N) is 1. The molecule has 1 atom stereocenters. The number of nitrogens with zero attached hydrogens (tertiary/aromatic N) is 5. The third kappa shape index (κ3) is 4.51. The predicted molar refractivity (Wildman–Crippen MR) is 114 cm³/mol. The number of benzene rings is 1. The fraction of sp³-hybridized carbons (Fsp3) is 0.350. The maximum atomic E-state index is 12.8. The second kappa shape index (κ2) is 8.66. The first-order chi connectivity index (χ1) is 14.2. The molecular weight excluding hydrogens is 408 g/mol. The van der Waals surface area contributed by atoms with Gasteiger partial charge in [-0.2, -0.15) is 9.78 Å². The Bertz CT molecular complexity index is 1100. The van der Waals surface area contributed by atoms with Gasteiger partial charge in [0.15, 0.2) is 0 Å². The van der Waals surface area contributed by atoms with E-state index in [0.29, 0.717) is 28.6 Å². The topological polar surface area (TPSA) is 108 Å². The Morgan fingerprint density at radius 3 is 2.57 bits per heavy atom. The summed E-state index contributed by atoms with van der Waals surface area (Å²) >= 11 is 6.25. The van der Waals surface area contributed by atoms with Crippen molar-refractivity contribution in [1.82, 2.24) is 19.6 Å². The molecule has 2 heterocycles. The van der Waals surface area contributed by atoms with Crippen molar-refractivity contribution in [3.05, 3.63) is 68.1 Å². The largest absolute Gasteiger partial charge is 0.390 e. The van der Waals surface area contributed by atoms with Gasteiger partial charge in [-0.1, -0.05) is 36.7 Å². The molecule has 0 saturated heterocycles. The molecular formula is C20H23ClN6O3. The highest BCUT2D eigenvalue weighted by Crippen LogP contribution is 2.23. The van der Waals surface area contributed by atoms with Crippen LogP contribution in [0.4, 0.5) is 11.5 Å². The molecule has 0 radical (unpaired) electrons. The van der Waals surface area contributed by atoms with Crippen LogP contribution in [0.5, 0.6) is 0 Å². The van der Waals surface area contributed by atoms with Crippen LogP contribution in [0.3, 0.4) is 0 Å². The van der Waals surface area contributed by atoms with Gasteiger partial charge in [0.1, 0.15) is 0 Å². The summed E-state index contributed by atoms with van der Waals surface area (Å²) in [6, 6.07) is 8.94. The van der Waals surface area contributed by atoms with Gasteiger partial charge in [-0.05, 0) is 37.3 Å². The van der Waals surface area contributed by atoms with Gasteiger partial charge in [-0.25, -0.2) is 0 Å². The molecule has 0 saturated carbocycles. The summed E-state index contributed by atoms with van der Waals surface area (Å²) in [6.45, 7) is 7.92. The number of anilines is 1. The quantitative estimate of drug-likeness (QED) is 0.452. The summed E-state index contributed by atoms with van der Waals surface area (Å²) in [4.78, 5) is 23.1. The van der Waals surface area contributed by atoms with Crippen molar-refractivity contribution in [3.63, 3.8) is 0 Å². The maximum absolute atomic E-state index is 12.8. The van der Waals surface area contributed by atoms with Crippen LogP contribution in [0.15, 0.2) is 30.3 Å². The van der Waals surface area contributed by atoms with Crippen molar-refractivity contribution >= 4 is 29.0 Å². The summed E-state index contributed by atoms with van der Waals surface area (Å²) in [5, 5.41) is 23.0. The van der Waals surface area contributed by atoms with E-state index >= 15 is 0 Å². The fourth-order valence-electron chi connectivity index (χ4n) is 3.18. The third-order valence-corrected chi connectivity index (χ3v) is 5.33. The lowest BCUT2D eigenvalue weighted by Crippen LogP contribution is -2.25. The van der Waals surface area contributed by atoms with Crippen LogP contribution < -0.4 is 5.32 Å². The van der Waals surface area contributed by atoms with Crippen LogP contribution in [0.25, 0.3) is 0 Å². The van der Waals surface area contributed by atoms with Gasteiger partial charge in [0.25, 0.3) is 0 Å². The molecule has 0 aliphatic carbocycles. The number of amides is 1. The second-order valence-corrected chi connectivity index (χ2v) is 7.68. The minimum atomic E-state index is -0.547. The van der Waals surface area contributed by atoms with Crippen LogP contribution in [0.2, 0.25) is 5.02 Å². The average molecular weight is 431 g/mol. The average Bonchev–Trinajstić information content (AvgIpc) is 3.18. The van der Waals surface area contributed by atoms with E-state index in [-0.39, 0.29) is 18.3 Å². The monoisotopic (exact) mass is 430 g/mol. The molecule has 1 amide bonds. The SMILES string of the molecule is Cc1nn(Cc2ccccc2Cl)c(C)c1NC(=O)C(C)Cn1nc([N+](=O)[O-])cc1C. The number of hydrogen-bond donors (Lipinski definition) is 1. The number of rotatable bonds is 7. The summed E-state index contributed by atoms with van der Waals surface area (Å²) in [6.07, 6.45) is 0. The van der Waals surface area contributed by atoms with Gasteiger partial charge in [-0.3, -0.25) is 9.48 Å². The Morgan fingerprint density at radius 2 is 1.93 bits per heavy atom. The van der Waals surface area contributed by atoms with Crippen LogP contribution in [-0.2, 0) is 17.9 Å². The lowest BCUT2D eigenvalue weighted by molar-refractivity contribution is -0.389. The van der Waals surface area contributed by atoms with Crippen molar-refractivity contribution in [2.75, 3.05) is 5.32 Å². The summed E-state index contributed by atoms with van der Waals surface area (Å²) < 4.78 is 3.28. The van der Waals surface area contributed by atoms with Crippen LogP contribution >= 0.6 is 11.6 Å². The summed E-state index contributed by atoms with van der Waals surface area (Å²) in [7, 11) is 0. The Hall–Kier alpha value is -3.20. The Morgan fingerprint density at radius 1 is 1.23 bits per heavy atom. The zero-order valence-electron chi connectivity index (χ0n) is 17.2. The third-order valence-electron chi connectivity index (χ3n) is 4.96. The van der Waals surface area contributed by atoms with E-state index in [1.54, 1.807) is 18.5 Å². The zero-order chi connectivity index (χ0) is 22.0. The summed E-state index contributed by atoms with van der Waals surface area (Å²) in [5.41, 5.74) is 3.74. The molecule has 10 heteroatoms. The van der Waals surface area contributed by atoms with E-state index in [1.165, 1.54) is 10.7 Å². The molecule has 3 aromatic rings. The lowest BCUT2D eigenvalue weighted by atomic mass is 10.1. The number of hydrogen-bond acceptors (Lipinski definition) is 5. The molecule has 9 nitrogen and oxygen atoms in total. The molecule has 3 rings (SSSR count). The van der Waals surface area contributed by atoms with Crippen LogP contribution in [0, 0.1) is 36.8 Å². The number of nitro groups is 1. The molecule has 0 fully saturated rings. The van der Waals surface area contributed by atoms with Crippen LogP contribution in [0.1, 0.15) is 29.6 Å². The van der Waals surface area contributed by atoms with Crippen molar-refractivity contribution in [2.24, 2.45) is 5.92 Å². The predicted octanol–water partition coefficient (Wildman–Crippen LogP) is 3.89. The molecule has 0 bridgehead atoms. The molecule has 1 aromatic carbocycles. The number of carbonyl (C=O) groups excluding carboxylic acids is 1. The first-order valence-corrected chi connectivity index (χ1v) is 9.82. The Balaban J connectivity index is 1.73. The van der Waals surface area contributed by atoms with Gasteiger partial charge in [0.2, 0.25) is 5.91 Å². The van der Waals surface area contributed by atoms with Crippen molar-refractivity contribution < 1.29 is 9.72 Å². The lowest BCUT2D eigenvalue weighted by Gasteiger charge is -2.12. The fourth-order valence-corrected chi connectivity index (χ4v) is 3.37. The zero-order valence-corrected chi connectivity index (χ0v) is 18.0. The number of aromatic nitrogens is 4. The maximum Gasteiger partial charge on any atom is 0.390 e. The van der Waals surface area contributed by atoms with E-state index in [4.69, 9.17) is 11.6 Å². The van der Waals surface area contributed by atoms with Gasteiger partial charge in [0, 0.05) is 5.02 Å². The van der Waals surface area contributed by atoms with Gasteiger partial charge in [0.05, 0.1) is 52.9 Å². The smallest absolute Gasteiger partial charge is 0.358 e. The standard InChI is InChI=1S/C20H23ClN6O3/c1-12(10-25-13(2)9-18(24-25)27(29)30)20(28)22-19-14(3)23-26(15(19)4)11-16-7-5-6-8-17(16)21/h5-9,12H,10-11H2,1-4H3,(H,22,28). The molecule has 0 aliphatic rings. The van der Waals surface area contributed by atoms with E-state index in [1.807, 2.05) is 38.1 Å². The van der Waals surface area contributed by atoms with E-state index in [9.17, 15) is 14.9 Å². The van der Waals surface area contributed by atoms with Crippen LogP contribution in [-0.4, -0.2) is 30.4 Å². The highest BCUT2D eigenvalue weighted by Gasteiger charge is 2.23. The van der Waals surface area contributed by atoms with Gasteiger partial charge >= 0.3 is 5.82 Å². The van der Waals surface area contributed by atoms with Crippen molar-refractivity contribution in [1.29, 1.82) is 0 Å². The molecule has 30 heavy (non-hydrogen) atoms. The second-order valence-electron chi connectivity index (χ2n) is 7.27. The van der Waals surface area contributed by atoms with Crippen molar-refractivity contribution in [2.45, 2.75) is 40.8 Å². The van der Waals surface area contributed by atoms with Gasteiger partial charge < -0.3 is 15.4 Å². The first-order valence-electron chi connectivity index (χ1n) is 9.44. The molecule has 1 unspecified atom stereocenters. The molecule has 0 spiro atoms. The normalized spacial score (nSPS) is 12.0. The minimum absolute atomic E-state index is 0.212. The highest BCUT2D eigenvalue weighted by molar-refractivity contribution is 6.31. The number of carbonyl (C=O) groups is 1. The van der Waals surface area contributed by atoms with Crippen molar-refractivity contribution in [3.8, 4) is 0 Å².